The normalized spacial score (nSPS) is 15.0. The number of hydrogen-bond acceptors (Lipinski definition) is 3. The Bertz CT molecular complexity index is 793. The standard InChI is InChI=1S/C18H16BrN3O3/c19-14-8-6-13(7-9-14)17(12-4-2-1-3-5-12)20-15(23)10-22-11-16(24)21-18(22)25/h1-9,17H,10-11H2,(H,20,23)(H,21,24,25)/t17-/m0/s1. The van der Waals surface area contributed by atoms with E-state index in [0.29, 0.717) is 0 Å². The van der Waals surface area contributed by atoms with E-state index in [1.807, 2.05) is 54.6 Å². The topological polar surface area (TPSA) is 78.5 Å². The number of carbonyl (C=O) groups excluding carboxylic acids is 3. The van der Waals surface area contributed by atoms with Crippen molar-refractivity contribution in [3.8, 4) is 0 Å². The van der Waals surface area contributed by atoms with E-state index in [0.717, 1.165) is 15.6 Å². The summed E-state index contributed by atoms with van der Waals surface area (Å²) in [5.41, 5.74) is 1.85. The zero-order chi connectivity index (χ0) is 17.8. The van der Waals surface area contributed by atoms with Gasteiger partial charge in [0.25, 0.3) is 0 Å². The molecular weight excluding hydrogens is 386 g/mol. The highest BCUT2D eigenvalue weighted by Gasteiger charge is 2.29. The molecule has 1 aliphatic rings. The Morgan fingerprint density at radius 3 is 2.32 bits per heavy atom. The van der Waals surface area contributed by atoms with Crippen molar-refractivity contribution in [1.29, 1.82) is 0 Å². The van der Waals surface area contributed by atoms with E-state index in [2.05, 4.69) is 26.6 Å². The smallest absolute Gasteiger partial charge is 0.325 e. The summed E-state index contributed by atoms with van der Waals surface area (Å²) >= 11 is 3.40. The number of benzene rings is 2. The van der Waals surface area contributed by atoms with Crippen LogP contribution in [0.25, 0.3) is 0 Å². The molecule has 25 heavy (non-hydrogen) atoms. The quantitative estimate of drug-likeness (QED) is 0.753. The molecule has 0 bridgehead atoms. The van der Waals surface area contributed by atoms with Crippen LogP contribution in [0.5, 0.6) is 0 Å². The average molecular weight is 402 g/mol. The van der Waals surface area contributed by atoms with Gasteiger partial charge >= 0.3 is 6.03 Å². The molecule has 0 saturated carbocycles. The van der Waals surface area contributed by atoms with Gasteiger partial charge in [-0.05, 0) is 23.3 Å². The Labute approximate surface area is 153 Å². The molecule has 3 rings (SSSR count). The maximum absolute atomic E-state index is 12.4. The third-order valence-electron chi connectivity index (χ3n) is 3.84. The van der Waals surface area contributed by atoms with Crippen LogP contribution in [0.15, 0.2) is 59.1 Å². The van der Waals surface area contributed by atoms with Crippen molar-refractivity contribution in [2.45, 2.75) is 6.04 Å². The third-order valence-corrected chi connectivity index (χ3v) is 4.37. The maximum atomic E-state index is 12.4. The van der Waals surface area contributed by atoms with Crippen LogP contribution in [0.2, 0.25) is 0 Å². The molecule has 0 unspecified atom stereocenters. The number of halogens is 1. The maximum Gasteiger partial charge on any atom is 0.325 e. The van der Waals surface area contributed by atoms with E-state index in [9.17, 15) is 14.4 Å². The molecule has 0 radical (unpaired) electrons. The van der Waals surface area contributed by atoms with Gasteiger partial charge in [-0.15, -0.1) is 0 Å². The third kappa shape index (κ3) is 4.24. The highest BCUT2D eigenvalue weighted by Crippen LogP contribution is 2.23. The van der Waals surface area contributed by atoms with Gasteiger partial charge in [0.1, 0.15) is 13.1 Å². The van der Waals surface area contributed by atoms with Crippen molar-refractivity contribution >= 4 is 33.8 Å². The first-order chi connectivity index (χ1) is 12.0. The van der Waals surface area contributed by atoms with Crippen molar-refractivity contribution < 1.29 is 14.4 Å². The summed E-state index contributed by atoms with van der Waals surface area (Å²) in [6.07, 6.45) is 0. The predicted molar refractivity (Wildman–Crippen MR) is 95.7 cm³/mol. The summed E-state index contributed by atoms with van der Waals surface area (Å²) < 4.78 is 0.946. The van der Waals surface area contributed by atoms with Crippen molar-refractivity contribution in [3.63, 3.8) is 0 Å². The van der Waals surface area contributed by atoms with E-state index in [4.69, 9.17) is 0 Å². The van der Waals surface area contributed by atoms with Crippen molar-refractivity contribution in [3.05, 3.63) is 70.2 Å². The SMILES string of the molecule is O=C1CN(CC(=O)N[C@@H](c2ccccc2)c2ccc(Br)cc2)C(=O)N1. The number of imide groups is 1. The Morgan fingerprint density at radius 2 is 1.72 bits per heavy atom. The number of amides is 4. The fourth-order valence-corrected chi connectivity index (χ4v) is 2.91. The lowest BCUT2D eigenvalue weighted by Gasteiger charge is -2.21. The van der Waals surface area contributed by atoms with E-state index in [1.54, 1.807) is 0 Å². The van der Waals surface area contributed by atoms with Gasteiger partial charge < -0.3 is 10.2 Å². The molecule has 1 saturated heterocycles. The Morgan fingerprint density at radius 1 is 1.08 bits per heavy atom. The monoisotopic (exact) mass is 401 g/mol. The number of hydrogen-bond donors (Lipinski definition) is 2. The Hall–Kier alpha value is -2.67. The molecule has 1 heterocycles. The summed E-state index contributed by atoms with van der Waals surface area (Å²) in [7, 11) is 0. The Kier molecular flexibility index (Phi) is 5.14. The molecule has 0 aliphatic carbocycles. The van der Waals surface area contributed by atoms with Crippen molar-refractivity contribution in [1.82, 2.24) is 15.5 Å². The van der Waals surface area contributed by atoms with Gasteiger partial charge in [0.05, 0.1) is 6.04 Å². The molecular formula is C18H16BrN3O3. The number of carbonyl (C=O) groups is 3. The number of nitrogens with zero attached hydrogens (tertiary/aromatic N) is 1. The summed E-state index contributed by atoms with van der Waals surface area (Å²) in [5, 5.41) is 5.10. The lowest BCUT2D eigenvalue weighted by molar-refractivity contribution is -0.122. The van der Waals surface area contributed by atoms with Gasteiger partial charge in [0.2, 0.25) is 11.8 Å². The van der Waals surface area contributed by atoms with Crippen LogP contribution in [0.3, 0.4) is 0 Å². The second-order valence-corrected chi connectivity index (χ2v) is 6.59. The fraction of sp³-hybridized carbons (Fsp3) is 0.167. The lowest BCUT2D eigenvalue weighted by Crippen LogP contribution is -2.40. The highest BCUT2D eigenvalue weighted by molar-refractivity contribution is 9.10. The minimum absolute atomic E-state index is 0.0967. The van der Waals surface area contributed by atoms with Gasteiger partial charge in [0, 0.05) is 4.47 Å². The highest BCUT2D eigenvalue weighted by atomic mass is 79.9. The van der Waals surface area contributed by atoms with Crippen LogP contribution >= 0.6 is 15.9 Å². The zero-order valence-electron chi connectivity index (χ0n) is 13.2. The minimum Gasteiger partial charge on any atom is -0.344 e. The van der Waals surface area contributed by atoms with Gasteiger partial charge in [-0.3, -0.25) is 14.9 Å². The van der Waals surface area contributed by atoms with Crippen LogP contribution in [-0.2, 0) is 9.59 Å². The summed E-state index contributed by atoms with van der Waals surface area (Å²) in [6, 6.07) is 16.3. The molecule has 7 heteroatoms. The van der Waals surface area contributed by atoms with E-state index < -0.39 is 11.9 Å². The van der Waals surface area contributed by atoms with Gasteiger partial charge in [-0.1, -0.05) is 58.4 Å². The molecule has 0 aromatic heterocycles. The molecule has 4 amide bonds. The largest absolute Gasteiger partial charge is 0.344 e. The number of rotatable bonds is 5. The van der Waals surface area contributed by atoms with Gasteiger partial charge in [-0.25, -0.2) is 4.79 Å². The van der Waals surface area contributed by atoms with Crippen LogP contribution in [0, 0.1) is 0 Å². The number of nitrogens with one attached hydrogen (secondary N) is 2. The van der Waals surface area contributed by atoms with Crippen LogP contribution < -0.4 is 10.6 Å². The first-order valence-corrected chi connectivity index (χ1v) is 8.51. The lowest BCUT2D eigenvalue weighted by atomic mass is 9.99. The minimum atomic E-state index is -0.542. The zero-order valence-corrected chi connectivity index (χ0v) is 14.8. The number of urea groups is 1. The van der Waals surface area contributed by atoms with Crippen LogP contribution in [-0.4, -0.2) is 35.8 Å². The Balaban J connectivity index is 1.78. The molecule has 2 aromatic rings. The molecule has 1 atom stereocenters. The van der Waals surface area contributed by atoms with Gasteiger partial charge in [0.15, 0.2) is 0 Å². The fourth-order valence-electron chi connectivity index (χ4n) is 2.65. The second kappa shape index (κ2) is 7.48. The molecule has 2 N–H and O–H groups in total. The molecule has 2 aromatic carbocycles. The molecule has 0 spiro atoms. The predicted octanol–water partition coefficient (Wildman–Crippen LogP) is 2.21. The first-order valence-electron chi connectivity index (χ1n) is 7.71. The molecule has 6 nitrogen and oxygen atoms in total. The van der Waals surface area contributed by atoms with E-state index >= 15 is 0 Å². The molecule has 128 valence electrons. The van der Waals surface area contributed by atoms with Gasteiger partial charge in [-0.2, -0.15) is 0 Å². The molecule has 1 fully saturated rings. The van der Waals surface area contributed by atoms with Crippen molar-refractivity contribution in [2.75, 3.05) is 13.1 Å². The molecule has 1 aliphatic heterocycles. The van der Waals surface area contributed by atoms with Crippen LogP contribution in [0.1, 0.15) is 17.2 Å². The summed E-state index contributed by atoms with van der Waals surface area (Å²) in [6.45, 7) is -0.266. The van der Waals surface area contributed by atoms with E-state index in [1.165, 1.54) is 4.90 Å². The van der Waals surface area contributed by atoms with Crippen molar-refractivity contribution in [2.24, 2.45) is 0 Å². The van der Waals surface area contributed by atoms with Crippen LogP contribution in [0.4, 0.5) is 4.79 Å². The second-order valence-electron chi connectivity index (χ2n) is 5.67. The van der Waals surface area contributed by atoms with E-state index in [-0.39, 0.29) is 25.0 Å². The summed E-state index contributed by atoms with van der Waals surface area (Å²) in [4.78, 5) is 36.4. The average Bonchev–Trinajstić information content (AvgIpc) is 2.91. The summed E-state index contributed by atoms with van der Waals surface area (Å²) in [5.74, 6) is -0.730. The first kappa shape index (κ1) is 17.2.